The van der Waals surface area contributed by atoms with E-state index in [1.54, 1.807) is 12.0 Å². The Morgan fingerprint density at radius 2 is 2.10 bits per heavy atom. The van der Waals surface area contributed by atoms with E-state index in [0.29, 0.717) is 23.5 Å². The van der Waals surface area contributed by atoms with Crippen LogP contribution in [0.2, 0.25) is 0 Å². The van der Waals surface area contributed by atoms with Crippen molar-refractivity contribution in [3.8, 4) is 5.75 Å². The summed E-state index contributed by atoms with van der Waals surface area (Å²) in [6, 6.07) is 7.16. The highest BCUT2D eigenvalue weighted by Crippen LogP contribution is 2.40. The summed E-state index contributed by atoms with van der Waals surface area (Å²) in [5.41, 5.74) is -0.602. The standard InChI is InChI=1S/C19H21F3N2O4S/c1-11(8-12-4-6-13(27-3)7-5-12)24-9-15(28-18(24,2)17(25)26)14-10-29-16(23-14)19(20,21)22/h4-7,10-11,15H,8-9H2,1-3H3,(H,25,26). The number of aliphatic carboxylic acids is 1. The average molecular weight is 430 g/mol. The maximum atomic E-state index is 12.9. The number of nitrogens with zero attached hydrogens (tertiary/aromatic N) is 2. The fourth-order valence-electron chi connectivity index (χ4n) is 3.44. The van der Waals surface area contributed by atoms with E-state index in [1.807, 2.05) is 31.2 Å². The van der Waals surface area contributed by atoms with E-state index in [4.69, 9.17) is 9.47 Å². The lowest BCUT2D eigenvalue weighted by Crippen LogP contribution is -2.53. The molecule has 0 radical (unpaired) electrons. The molecule has 2 aromatic rings. The van der Waals surface area contributed by atoms with Gasteiger partial charge in [0.15, 0.2) is 5.01 Å². The second kappa shape index (κ2) is 7.92. The van der Waals surface area contributed by atoms with Crippen LogP contribution >= 0.6 is 11.3 Å². The monoisotopic (exact) mass is 430 g/mol. The van der Waals surface area contributed by atoms with Crippen molar-refractivity contribution in [2.45, 2.75) is 44.3 Å². The Kier molecular flexibility index (Phi) is 5.88. The van der Waals surface area contributed by atoms with Crippen LogP contribution in [0.3, 0.4) is 0 Å². The van der Waals surface area contributed by atoms with Gasteiger partial charge in [-0.2, -0.15) is 13.2 Å². The summed E-state index contributed by atoms with van der Waals surface area (Å²) < 4.78 is 49.4. The largest absolute Gasteiger partial charge is 0.497 e. The van der Waals surface area contributed by atoms with Crippen molar-refractivity contribution in [2.24, 2.45) is 0 Å². The number of benzene rings is 1. The highest BCUT2D eigenvalue weighted by molar-refractivity contribution is 7.09. The zero-order valence-electron chi connectivity index (χ0n) is 16.1. The molecule has 6 nitrogen and oxygen atoms in total. The highest BCUT2D eigenvalue weighted by atomic mass is 32.1. The van der Waals surface area contributed by atoms with E-state index in [2.05, 4.69) is 4.98 Å². The first-order valence-corrected chi connectivity index (χ1v) is 9.76. The Morgan fingerprint density at radius 1 is 1.45 bits per heavy atom. The number of carboxylic acid groups (broad SMARTS) is 1. The van der Waals surface area contributed by atoms with Crippen molar-refractivity contribution in [3.63, 3.8) is 0 Å². The Balaban J connectivity index is 1.80. The van der Waals surface area contributed by atoms with Crippen molar-refractivity contribution < 1.29 is 32.5 Å². The number of halogens is 3. The number of methoxy groups -OCH3 is 1. The first kappa shape index (κ1) is 21.5. The van der Waals surface area contributed by atoms with Gasteiger partial charge in [-0.1, -0.05) is 12.1 Å². The Bertz CT molecular complexity index is 871. The molecule has 1 saturated heterocycles. The molecule has 29 heavy (non-hydrogen) atoms. The zero-order chi connectivity index (χ0) is 21.4. The molecule has 1 aliphatic rings. The number of alkyl halides is 3. The average Bonchev–Trinajstić information content (AvgIpc) is 3.27. The Morgan fingerprint density at radius 3 is 2.62 bits per heavy atom. The molecular formula is C19H21F3N2O4S. The third kappa shape index (κ3) is 4.39. The molecule has 0 amide bonds. The van der Waals surface area contributed by atoms with E-state index in [1.165, 1.54) is 12.3 Å². The number of thiazole rings is 1. The van der Waals surface area contributed by atoms with Crippen molar-refractivity contribution in [1.82, 2.24) is 9.88 Å². The predicted molar refractivity (Wildman–Crippen MR) is 99.8 cm³/mol. The molecule has 3 atom stereocenters. The summed E-state index contributed by atoms with van der Waals surface area (Å²) in [5.74, 6) is -0.488. The van der Waals surface area contributed by atoms with Crippen molar-refractivity contribution in [2.75, 3.05) is 13.7 Å². The summed E-state index contributed by atoms with van der Waals surface area (Å²) in [7, 11) is 1.57. The van der Waals surface area contributed by atoms with E-state index < -0.39 is 29.0 Å². The lowest BCUT2D eigenvalue weighted by atomic mass is 10.0. The Hall–Kier alpha value is -2.17. The van der Waals surface area contributed by atoms with E-state index in [9.17, 15) is 23.1 Å². The third-order valence-electron chi connectivity index (χ3n) is 5.00. The van der Waals surface area contributed by atoms with E-state index in [-0.39, 0.29) is 18.3 Å². The lowest BCUT2D eigenvalue weighted by molar-refractivity contribution is -0.180. The number of carbonyl (C=O) groups is 1. The van der Waals surface area contributed by atoms with Crippen LogP contribution in [0.4, 0.5) is 13.2 Å². The summed E-state index contributed by atoms with van der Waals surface area (Å²) >= 11 is 0.474. The molecule has 10 heteroatoms. The summed E-state index contributed by atoms with van der Waals surface area (Å²) in [5, 5.41) is 10.0. The lowest BCUT2D eigenvalue weighted by Gasteiger charge is -2.34. The molecular weight excluding hydrogens is 409 g/mol. The number of rotatable bonds is 6. The van der Waals surface area contributed by atoms with Gasteiger partial charge in [-0.05, 0) is 38.0 Å². The first-order chi connectivity index (χ1) is 13.5. The Labute approximate surface area is 169 Å². The summed E-state index contributed by atoms with van der Waals surface area (Å²) in [4.78, 5) is 17.2. The normalized spacial score (nSPS) is 23.9. The second-order valence-electron chi connectivity index (χ2n) is 7.02. The minimum atomic E-state index is -4.54. The number of hydrogen-bond acceptors (Lipinski definition) is 6. The van der Waals surface area contributed by atoms with Gasteiger partial charge in [-0.25, -0.2) is 9.78 Å². The minimum absolute atomic E-state index is 0.0916. The van der Waals surface area contributed by atoms with Crippen LogP contribution in [-0.2, 0) is 22.1 Å². The molecule has 1 aromatic heterocycles. The van der Waals surface area contributed by atoms with Crippen LogP contribution < -0.4 is 4.74 Å². The summed E-state index contributed by atoms with van der Waals surface area (Å²) in [6.07, 6.45) is -4.87. The third-order valence-corrected chi connectivity index (χ3v) is 5.90. The van der Waals surface area contributed by atoms with Crippen LogP contribution in [0, 0.1) is 0 Å². The second-order valence-corrected chi connectivity index (χ2v) is 7.88. The maximum absolute atomic E-state index is 12.9. The van der Waals surface area contributed by atoms with Crippen molar-refractivity contribution in [3.05, 3.63) is 45.9 Å². The molecule has 2 heterocycles. The molecule has 3 rings (SSSR count). The van der Waals surface area contributed by atoms with Crippen LogP contribution in [0.15, 0.2) is 29.6 Å². The molecule has 0 spiro atoms. The highest BCUT2D eigenvalue weighted by Gasteiger charge is 2.52. The molecule has 3 unspecified atom stereocenters. The molecule has 0 aliphatic carbocycles. The van der Waals surface area contributed by atoms with Gasteiger partial charge in [0.2, 0.25) is 5.72 Å². The van der Waals surface area contributed by atoms with Gasteiger partial charge in [0, 0.05) is 18.0 Å². The maximum Gasteiger partial charge on any atom is 0.443 e. The van der Waals surface area contributed by atoms with Gasteiger partial charge in [0.25, 0.3) is 0 Å². The predicted octanol–water partition coefficient (Wildman–Crippen LogP) is 3.98. The number of carboxylic acids is 1. The van der Waals surface area contributed by atoms with E-state index in [0.717, 1.165) is 5.56 Å². The molecule has 158 valence electrons. The molecule has 1 N–H and O–H groups in total. The molecule has 1 aliphatic heterocycles. The topological polar surface area (TPSA) is 71.9 Å². The first-order valence-electron chi connectivity index (χ1n) is 8.88. The smallest absolute Gasteiger partial charge is 0.443 e. The van der Waals surface area contributed by atoms with Gasteiger partial charge in [-0.15, -0.1) is 11.3 Å². The van der Waals surface area contributed by atoms with E-state index >= 15 is 0 Å². The zero-order valence-corrected chi connectivity index (χ0v) is 16.9. The number of aromatic nitrogens is 1. The van der Waals surface area contributed by atoms with Crippen molar-refractivity contribution >= 4 is 17.3 Å². The number of hydrogen-bond donors (Lipinski definition) is 1. The molecule has 1 aromatic carbocycles. The van der Waals surface area contributed by atoms with Gasteiger partial charge in [0.1, 0.15) is 11.9 Å². The molecule has 1 fully saturated rings. The fourth-order valence-corrected chi connectivity index (χ4v) is 4.17. The quantitative estimate of drug-likeness (QED) is 0.748. The van der Waals surface area contributed by atoms with Crippen molar-refractivity contribution in [1.29, 1.82) is 0 Å². The van der Waals surface area contributed by atoms with Crippen LogP contribution in [0.1, 0.15) is 36.2 Å². The van der Waals surface area contributed by atoms with Crippen LogP contribution in [-0.4, -0.2) is 46.4 Å². The molecule has 0 bridgehead atoms. The van der Waals surface area contributed by atoms with Gasteiger partial charge < -0.3 is 14.6 Å². The minimum Gasteiger partial charge on any atom is -0.497 e. The number of ether oxygens (including phenoxy) is 2. The van der Waals surface area contributed by atoms with Gasteiger partial charge in [0.05, 0.1) is 12.8 Å². The summed E-state index contributed by atoms with van der Waals surface area (Å²) in [6.45, 7) is 3.40. The van der Waals surface area contributed by atoms with Crippen LogP contribution in [0.5, 0.6) is 5.75 Å². The molecule has 0 saturated carbocycles. The van der Waals surface area contributed by atoms with Gasteiger partial charge >= 0.3 is 12.1 Å². The van der Waals surface area contributed by atoms with Gasteiger partial charge in [-0.3, -0.25) is 4.90 Å². The van der Waals surface area contributed by atoms with Crippen LogP contribution in [0.25, 0.3) is 0 Å². The SMILES string of the molecule is COc1ccc(CC(C)N2CC(c3csc(C(F)(F)F)n3)OC2(C)C(=O)O)cc1. The fraction of sp³-hybridized carbons (Fsp3) is 0.474.